The van der Waals surface area contributed by atoms with Crippen LogP contribution in [0.2, 0.25) is 0 Å². The van der Waals surface area contributed by atoms with Gasteiger partial charge in [0.25, 0.3) is 0 Å². The van der Waals surface area contributed by atoms with Crippen molar-refractivity contribution in [1.29, 1.82) is 0 Å². The highest BCUT2D eigenvalue weighted by molar-refractivity contribution is 5.96. The third kappa shape index (κ3) is 3.93. The summed E-state index contributed by atoms with van der Waals surface area (Å²) in [6, 6.07) is 2.32. The fourth-order valence-corrected chi connectivity index (χ4v) is 3.32. The molecule has 0 saturated heterocycles. The minimum atomic E-state index is -4.51. The van der Waals surface area contributed by atoms with Crippen molar-refractivity contribution in [2.75, 3.05) is 13.2 Å². The molecule has 2 aromatic rings. The number of carbonyl (C=O) groups excluding carboxylic acids is 2. The van der Waals surface area contributed by atoms with Crippen LogP contribution in [0.1, 0.15) is 41.2 Å². The summed E-state index contributed by atoms with van der Waals surface area (Å²) >= 11 is 0. The lowest BCUT2D eigenvalue weighted by Crippen LogP contribution is -2.15. The highest BCUT2D eigenvalue weighted by atomic mass is 19.4. The molecule has 0 radical (unpaired) electrons. The number of esters is 2. The fraction of sp³-hybridized carbons (Fsp3) is 0.474. The first-order chi connectivity index (χ1) is 13.0. The largest absolute Gasteiger partial charge is 0.466 e. The molecule has 0 fully saturated rings. The lowest BCUT2D eigenvalue weighted by atomic mass is 10.1. The second kappa shape index (κ2) is 8.12. The molecule has 0 aliphatic heterocycles. The molecule has 0 aliphatic rings. The maximum atomic E-state index is 13.2. The SMILES string of the molecule is CCOC(=O)Cc1c(C(=O)OCC)c(C)c(-c2ccc(C(F)(F)F)n2C)n1C. The van der Waals surface area contributed by atoms with Crippen molar-refractivity contribution in [2.24, 2.45) is 14.1 Å². The zero-order chi connectivity index (χ0) is 21.2. The molecule has 0 bridgehead atoms. The fourth-order valence-electron chi connectivity index (χ4n) is 3.32. The van der Waals surface area contributed by atoms with Gasteiger partial charge in [-0.2, -0.15) is 13.2 Å². The van der Waals surface area contributed by atoms with Crippen LogP contribution in [0.3, 0.4) is 0 Å². The molecule has 28 heavy (non-hydrogen) atoms. The lowest BCUT2D eigenvalue weighted by molar-refractivity contribution is -0.143. The van der Waals surface area contributed by atoms with Gasteiger partial charge in [-0.05, 0) is 38.5 Å². The van der Waals surface area contributed by atoms with E-state index in [9.17, 15) is 22.8 Å². The van der Waals surface area contributed by atoms with E-state index in [1.807, 2.05) is 0 Å². The Morgan fingerprint density at radius 3 is 2.14 bits per heavy atom. The highest BCUT2D eigenvalue weighted by Crippen LogP contribution is 2.36. The third-order valence-electron chi connectivity index (χ3n) is 4.51. The van der Waals surface area contributed by atoms with Crippen LogP contribution in [0.5, 0.6) is 0 Å². The normalized spacial score (nSPS) is 11.6. The van der Waals surface area contributed by atoms with Crippen LogP contribution in [0, 0.1) is 6.92 Å². The third-order valence-corrected chi connectivity index (χ3v) is 4.51. The molecule has 0 unspecified atom stereocenters. The van der Waals surface area contributed by atoms with E-state index in [2.05, 4.69) is 0 Å². The van der Waals surface area contributed by atoms with Crippen LogP contribution in [-0.4, -0.2) is 34.3 Å². The van der Waals surface area contributed by atoms with Crippen molar-refractivity contribution < 1.29 is 32.2 Å². The van der Waals surface area contributed by atoms with E-state index >= 15 is 0 Å². The second-order valence-electron chi connectivity index (χ2n) is 6.22. The molecular formula is C19H23F3N2O4. The summed E-state index contributed by atoms with van der Waals surface area (Å²) in [6.45, 7) is 5.24. The molecule has 9 heteroatoms. The van der Waals surface area contributed by atoms with Gasteiger partial charge < -0.3 is 18.6 Å². The zero-order valence-electron chi connectivity index (χ0n) is 16.4. The minimum Gasteiger partial charge on any atom is -0.466 e. The summed E-state index contributed by atoms with van der Waals surface area (Å²) in [5, 5.41) is 0. The van der Waals surface area contributed by atoms with Gasteiger partial charge >= 0.3 is 18.1 Å². The predicted molar refractivity (Wildman–Crippen MR) is 95.9 cm³/mol. The number of carbonyl (C=O) groups is 2. The average Bonchev–Trinajstić information content (AvgIpc) is 3.06. The van der Waals surface area contributed by atoms with E-state index in [1.54, 1.807) is 32.4 Å². The van der Waals surface area contributed by atoms with E-state index in [4.69, 9.17) is 9.47 Å². The van der Waals surface area contributed by atoms with Crippen molar-refractivity contribution in [3.05, 3.63) is 34.6 Å². The van der Waals surface area contributed by atoms with Gasteiger partial charge in [-0.1, -0.05) is 0 Å². The molecule has 0 saturated carbocycles. The van der Waals surface area contributed by atoms with E-state index in [-0.39, 0.29) is 30.9 Å². The standard InChI is InChI=1S/C19H23F3N2O4/c1-6-27-15(25)10-13-16(18(26)28-7-2)11(3)17(24(13)5)12-8-9-14(23(12)4)19(20,21)22/h8-9H,6-7,10H2,1-5H3. The van der Waals surface area contributed by atoms with E-state index in [0.29, 0.717) is 17.0 Å². The zero-order valence-corrected chi connectivity index (χ0v) is 16.4. The first-order valence-electron chi connectivity index (χ1n) is 8.78. The Balaban J connectivity index is 2.68. The number of hydrogen-bond donors (Lipinski definition) is 0. The molecule has 0 amide bonds. The molecule has 2 aromatic heterocycles. The molecule has 0 atom stereocenters. The monoisotopic (exact) mass is 400 g/mol. The van der Waals surface area contributed by atoms with Crippen LogP contribution >= 0.6 is 0 Å². The Hall–Kier alpha value is -2.71. The maximum Gasteiger partial charge on any atom is 0.431 e. The first kappa shape index (κ1) is 21.6. The number of rotatable bonds is 6. The number of alkyl halides is 3. The molecule has 0 aromatic carbocycles. The van der Waals surface area contributed by atoms with Gasteiger partial charge in [0, 0.05) is 19.8 Å². The predicted octanol–water partition coefficient (Wildman–Crippen LogP) is 3.64. The van der Waals surface area contributed by atoms with E-state index in [0.717, 1.165) is 10.6 Å². The van der Waals surface area contributed by atoms with Crippen molar-refractivity contribution in [2.45, 2.75) is 33.4 Å². The van der Waals surface area contributed by atoms with E-state index < -0.39 is 23.8 Å². The van der Waals surface area contributed by atoms with Gasteiger partial charge in [0.05, 0.1) is 36.6 Å². The molecule has 6 nitrogen and oxygen atoms in total. The van der Waals surface area contributed by atoms with Gasteiger partial charge in [-0.15, -0.1) is 0 Å². The van der Waals surface area contributed by atoms with Gasteiger partial charge in [-0.25, -0.2) is 4.79 Å². The molecular weight excluding hydrogens is 377 g/mol. The Morgan fingerprint density at radius 1 is 1.04 bits per heavy atom. The Morgan fingerprint density at radius 2 is 1.64 bits per heavy atom. The summed E-state index contributed by atoms with van der Waals surface area (Å²) in [4.78, 5) is 24.5. The van der Waals surface area contributed by atoms with Crippen molar-refractivity contribution in [1.82, 2.24) is 9.13 Å². The summed E-state index contributed by atoms with van der Waals surface area (Å²) in [7, 11) is 2.90. The number of nitrogens with zero attached hydrogens (tertiary/aromatic N) is 2. The first-order valence-corrected chi connectivity index (χ1v) is 8.78. The molecule has 154 valence electrons. The van der Waals surface area contributed by atoms with Crippen molar-refractivity contribution in [3.63, 3.8) is 0 Å². The van der Waals surface area contributed by atoms with Gasteiger partial charge in [0.15, 0.2) is 0 Å². The highest BCUT2D eigenvalue weighted by Gasteiger charge is 2.35. The molecule has 2 heterocycles. The van der Waals surface area contributed by atoms with Crippen LogP contribution in [-0.2, 0) is 41.0 Å². The van der Waals surface area contributed by atoms with Crippen LogP contribution in [0.15, 0.2) is 12.1 Å². The van der Waals surface area contributed by atoms with Gasteiger partial charge in [0.1, 0.15) is 5.69 Å². The quantitative estimate of drug-likeness (QED) is 0.695. The summed E-state index contributed by atoms with van der Waals surface area (Å²) in [5.41, 5.74) is 0.803. The summed E-state index contributed by atoms with van der Waals surface area (Å²) < 4.78 is 52.2. The molecule has 0 aliphatic carbocycles. The van der Waals surface area contributed by atoms with Crippen molar-refractivity contribution >= 4 is 11.9 Å². The Labute approximate surface area is 160 Å². The molecule has 2 rings (SSSR count). The Bertz CT molecular complexity index is 894. The summed E-state index contributed by atoms with van der Waals surface area (Å²) in [5.74, 6) is -1.17. The minimum absolute atomic E-state index is 0.129. The molecule has 0 N–H and O–H groups in total. The van der Waals surface area contributed by atoms with Gasteiger partial charge in [-0.3, -0.25) is 4.79 Å². The summed E-state index contributed by atoms with van der Waals surface area (Å²) in [6.07, 6.45) is -4.71. The topological polar surface area (TPSA) is 62.5 Å². The second-order valence-corrected chi connectivity index (χ2v) is 6.22. The number of ether oxygens (including phenoxy) is 2. The van der Waals surface area contributed by atoms with E-state index in [1.165, 1.54) is 13.1 Å². The van der Waals surface area contributed by atoms with Crippen LogP contribution in [0.4, 0.5) is 13.2 Å². The Kier molecular flexibility index (Phi) is 6.26. The maximum absolute atomic E-state index is 13.2. The van der Waals surface area contributed by atoms with Crippen LogP contribution in [0.25, 0.3) is 11.4 Å². The van der Waals surface area contributed by atoms with Crippen molar-refractivity contribution in [3.8, 4) is 11.4 Å². The smallest absolute Gasteiger partial charge is 0.431 e. The lowest BCUT2D eigenvalue weighted by Gasteiger charge is -2.13. The number of halogens is 3. The number of hydrogen-bond acceptors (Lipinski definition) is 4. The molecule has 0 spiro atoms. The average molecular weight is 400 g/mol. The number of aromatic nitrogens is 2. The van der Waals surface area contributed by atoms with Crippen LogP contribution < -0.4 is 0 Å². The van der Waals surface area contributed by atoms with Gasteiger partial charge in [0.2, 0.25) is 0 Å².